The minimum Gasteiger partial charge on any atom is -0.299 e. The van der Waals surface area contributed by atoms with E-state index in [2.05, 4.69) is 24.8 Å². The van der Waals surface area contributed by atoms with Crippen LogP contribution in [0.1, 0.15) is 26.7 Å². The Morgan fingerprint density at radius 3 is 2.92 bits per heavy atom. The van der Waals surface area contributed by atoms with Crippen LogP contribution in [0.5, 0.6) is 0 Å². The molecule has 1 aliphatic rings. The van der Waals surface area contributed by atoms with E-state index in [-0.39, 0.29) is 0 Å². The number of alkyl halides is 1. The second-order valence-electron chi connectivity index (χ2n) is 4.20. The smallest absolute Gasteiger partial charge is 0.0263 e. The Labute approximate surface area is 86.8 Å². The highest BCUT2D eigenvalue weighted by Gasteiger charge is 2.17. The van der Waals surface area contributed by atoms with Gasteiger partial charge in [-0.25, -0.2) is 0 Å². The van der Waals surface area contributed by atoms with Gasteiger partial charge in [-0.3, -0.25) is 4.90 Å². The third-order valence-electron chi connectivity index (χ3n) is 2.58. The van der Waals surface area contributed by atoms with Gasteiger partial charge in [-0.1, -0.05) is 11.6 Å². The molecule has 1 fully saturated rings. The van der Waals surface area contributed by atoms with E-state index in [9.17, 15) is 0 Å². The Balaban J connectivity index is 2.30. The maximum atomic E-state index is 5.87. The number of halogens is 1. The first-order valence-corrected chi connectivity index (χ1v) is 5.67. The van der Waals surface area contributed by atoms with Crippen molar-refractivity contribution >= 4 is 11.6 Å². The van der Waals surface area contributed by atoms with Gasteiger partial charge >= 0.3 is 0 Å². The molecular formula is C11H20ClN. The zero-order valence-corrected chi connectivity index (χ0v) is 9.48. The lowest BCUT2D eigenvalue weighted by atomic mass is 10.00. The lowest BCUT2D eigenvalue weighted by Crippen LogP contribution is -2.36. The second-order valence-corrected chi connectivity index (χ2v) is 4.51. The molecule has 1 atom stereocenters. The average Bonchev–Trinajstić information content (AvgIpc) is 2.15. The first kappa shape index (κ1) is 11.1. The summed E-state index contributed by atoms with van der Waals surface area (Å²) in [4.78, 5) is 2.50. The zero-order chi connectivity index (χ0) is 9.68. The molecule has 1 aliphatic heterocycles. The van der Waals surface area contributed by atoms with Gasteiger partial charge in [0.25, 0.3) is 0 Å². The maximum Gasteiger partial charge on any atom is 0.0263 e. The molecule has 0 spiro atoms. The third kappa shape index (κ3) is 4.15. The molecule has 0 radical (unpaired) electrons. The summed E-state index contributed by atoms with van der Waals surface area (Å²) in [5.41, 5.74) is 1.41. The largest absolute Gasteiger partial charge is 0.299 e. The molecule has 0 aromatic carbocycles. The second kappa shape index (κ2) is 5.66. The van der Waals surface area contributed by atoms with Crippen LogP contribution in [-0.2, 0) is 0 Å². The predicted octanol–water partition coefficient (Wildman–Crippen LogP) is 2.90. The molecule has 0 aliphatic carbocycles. The van der Waals surface area contributed by atoms with Crippen molar-refractivity contribution in [2.45, 2.75) is 26.7 Å². The van der Waals surface area contributed by atoms with Gasteiger partial charge in [0, 0.05) is 19.0 Å². The molecule has 1 heterocycles. The fourth-order valence-electron chi connectivity index (χ4n) is 1.75. The Hall–Kier alpha value is -0.0100. The van der Waals surface area contributed by atoms with E-state index in [0.717, 1.165) is 18.3 Å². The maximum absolute atomic E-state index is 5.87. The van der Waals surface area contributed by atoms with Crippen LogP contribution in [0.25, 0.3) is 0 Å². The minimum absolute atomic E-state index is 0.723. The molecule has 0 aromatic rings. The topological polar surface area (TPSA) is 3.24 Å². The fraction of sp³-hybridized carbons (Fsp3) is 0.818. The van der Waals surface area contributed by atoms with E-state index in [0.29, 0.717) is 0 Å². The Bertz CT molecular complexity index is 173. The SMILES string of the molecule is CC(C)=CCN1CCCC(CCl)C1. The van der Waals surface area contributed by atoms with Crippen LogP contribution in [0.15, 0.2) is 11.6 Å². The Morgan fingerprint density at radius 1 is 1.54 bits per heavy atom. The summed E-state index contributed by atoms with van der Waals surface area (Å²) in [6.45, 7) is 7.85. The molecule has 13 heavy (non-hydrogen) atoms. The normalized spacial score (nSPS) is 24.4. The number of allylic oxidation sites excluding steroid dienone is 1. The van der Waals surface area contributed by atoms with Gasteiger partial charge in [0.1, 0.15) is 0 Å². The number of nitrogens with zero attached hydrogens (tertiary/aromatic N) is 1. The molecule has 76 valence electrons. The molecule has 0 bridgehead atoms. The van der Waals surface area contributed by atoms with Crippen molar-refractivity contribution < 1.29 is 0 Å². The van der Waals surface area contributed by atoms with Crippen LogP contribution >= 0.6 is 11.6 Å². The summed E-state index contributed by atoms with van der Waals surface area (Å²) in [7, 11) is 0. The van der Waals surface area contributed by atoms with E-state index in [1.54, 1.807) is 0 Å². The summed E-state index contributed by atoms with van der Waals surface area (Å²) in [6, 6.07) is 0. The van der Waals surface area contributed by atoms with Crippen molar-refractivity contribution in [1.82, 2.24) is 4.90 Å². The standard InChI is InChI=1S/C11H20ClN/c1-10(2)5-7-13-6-3-4-11(8-12)9-13/h5,11H,3-4,6-9H2,1-2H3. The Morgan fingerprint density at radius 2 is 2.31 bits per heavy atom. The summed E-state index contributed by atoms with van der Waals surface area (Å²) in [5, 5.41) is 0. The highest BCUT2D eigenvalue weighted by atomic mass is 35.5. The molecule has 1 nitrogen and oxygen atoms in total. The lowest BCUT2D eigenvalue weighted by Gasteiger charge is -2.30. The van der Waals surface area contributed by atoms with Gasteiger partial charge in [0.2, 0.25) is 0 Å². The molecule has 0 aromatic heterocycles. The quantitative estimate of drug-likeness (QED) is 0.502. The number of hydrogen-bond acceptors (Lipinski definition) is 1. The molecule has 2 heteroatoms. The number of rotatable bonds is 3. The van der Waals surface area contributed by atoms with Crippen LogP contribution in [0.4, 0.5) is 0 Å². The highest BCUT2D eigenvalue weighted by Crippen LogP contribution is 2.17. The molecular weight excluding hydrogens is 182 g/mol. The summed E-state index contributed by atoms with van der Waals surface area (Å²) >= 11 is 5.87. The van der Waals surface area contributed by atoms with Gasteiger partial charge in [0.15, 0.2) is 0 Å². The third-order valence-corrected chi connectivity index (χ3v) is 3.02. The van der Waals surface area contributed by atoms with E-state index in [4.69, 9.17) is 11.6 Å². The van der Waals surface area contributed by atoms with Crippen LogP contribution < -0.4 is 0 Å². The average molecular weight is 202 g/mol. The molecule has 0 amide bonds. The van der Waals surface area contributed by atoms with Crippen LogP contribution in [0, 0.1) is 5.92 Å². The fourth-order valence-corrected chi connectivity index (χ4v) is 2.01. The van der Waals surface area contributed by atoms with E-state index in [1.807, 2.05) is 0 Å². The van der Waals surface area contributed by atoms with Gasteiger partial charge in [-0.2, -0.15) is 0 Å². The van der Waals surface area contributed by atoms with E-state index < -0.39 is 0 Å². The van der Waals surface area contributed by atoms with Crippen molar-refractivity contribution in [3.63, 3.8) is 0 Å². The van der Waals surface area contributed by atoms with E-state index >= 15 is 0 Å². The summed E-state index contributed by atoms with van der Waals surface area (Å²) < 4.78 is 0. The minimum atomic E-state index is 0.723. The molecule has 0 saturated carbocycles. The van der Waals surface area contributed by atoms with Crippen LogP contribution in [-0.4, -0.2) is 30.4 Å². The number of piperidine rings is 1. The van der Waals surface area contributed by atoms with Crippen molar-refractivity contribution in [1.29, 1.82) is 0 Å². The van der Waals surface area contributed by atoms with Crippen molar-refractivity contribution in [2.75, 3.05) is 25.5 Å². The first-order valence-electron chi connectivity index (χ1n) is 5.14. The summed E-state index contributed by atoms with van der Waals surface area (Å²) in [5.74, 6) is 1.55. The van der Waals surface area contributed by atoms with Gasteiger partial charge < -0.3 is 0 Å². The predicted molar refractivity (Wildman–Crippen MR) is 59.3 cm³/mol. The van der Waals surface area contributed by atoms with Crippen LogP contribution in [0.3, 0.4) is 0 Å². The molecule has 1 unspecified atom stereocenters. The van der Waals surface area contributed by atoms with Crippen molar-refractivity contribution in [2.24, 2.45) is 5.92 Å². The lowest BCUT2D eigenvalue weighted by molar-refractivity contribution is 0.203. The molecule has 1 rings (SSSR count). The van der Waals surface area contributed by atoms with Crippen LogP contribution in [0.2, 0.25) is 0 Å². The molecule has 0 N–H and O–H groups in total. The van der Waals surface area contributed by atoms with Crippen molar-refractivity contribution in [3.05, 3.63) is 11.6 Å². The zero-order valence-electron chi connectivity index (χ0n) is 8.72. The van der Waals surface area contributed by atoms with Gasteiger partial charge in [-0.05, 0) is 39.2 Å². The highest BCUT2D eigenvalue weighted by molar-refractivity contribution is 6.18. The van der Waals surface area contributed by atoms with Crippen molar-refractivity contribution in [3.8, 4) is 0 Å². The first-order chi connectivity index (χ1) is 6.22. The number of hydrogen-bond donors (Lipinski definition) is 0. The molecule has 1 saturated heterocycles. The Kier molecular flexibility index (Phi) is 4.82. The van der Waals surface area contributed by atoms with Gasteiger partial charge in [-0.15, -0.1) is 11.6 Å². The van der Waals surface area contributed by atoms with E-state index in [1.165, 1.54) is 31.5 Å². The van der Waals surface area contributed by atoms with Gasteiger partial charge in [0.05, 0.1) is 0 Å². The summed E-state index contributed by atoms with van der Waals surface area (Å²) in [6.07, 6.45) is 4.93. The number of likely N-dealkylation sites (tertiary alicyclic amines) is 1. The monoisotopic (exact) mass is 201 g/mol.